The Bertz CT molecular complexity index is 1130. The Kier molecular flexibility index (Phi) is 4.00. The molecule has 1 heterocycles. The van der Waals surface area contributed by atoms with Crippen LogP contribution < -0.4 is 4.90 Å². The van der Waals surface area contributed by atoms with Crippen molar-refractivity contribution in [3.63, 3.8) is 0 Å². The molecule has 0 aromatic heterocycles. The number of nitrogens with zero attached hydrogens (tertiary/aromatic N) is 2. The number of imide groups is 1. The minimum absolute atomic E-state index is 0.0910. The molecule has 2 aromatic carbocycles. The van der Waals surface area contributed by atoms with Crippen LogP contribution in [0.5, 0.6) is 0 Å². The number of rotatable bonds is 3. The van der Waals surface area contributed by atoms with E-state index in [2.05, 4.69) is 6.92 Å². The zero-order valence-electron chi connectivity index (χ0n) is 16.6. The van der Waals surface area contributed by atoms with Gasteiger partial charge < -0.3 is 0 Å². The highest BCUT2D eigenvalue weighted by atomic mass is 16.6. The van der Waals surface area contributed by atoms with Gasteiger partial charge in [0.2, 0.25) is 11.8 Å². The molecule has 4 atom stereocenters. The van der Waals surface area contributed by atoms with Crippen LogP contribution in [-0.4, -0.2) is 16.7 Å². The van der Waals surface area contributed by atoms with E-state index in [-0.39, 0.29) is 35.0 Å². The monoisotopic (exact) mass is 400 g/mol. The molecule has 6 heteroatoms. The second-order valence-corrected chi connectivity index (χ2v) is 8.17. The zero-order chi connectivity index (χ0) is 21.2. The standard InChI is InChI=1S/C24H20N2O4/c1-13-8-9-16(12-19(13)26(29)30)25-23(27)21-17-10-11-18(22(21)24(25)28)20(17)14(2)15-6-4-3-5-7-15/h3-12,17-18,21-22H,1-2H3/t17-,18-,21+,22+/m1/s1. The van der Waals surface area contributed by atoms with Gasteiger partial charge >= 0.3 is 0 Å². The highest BCUT2D eigenvalue weighted by Gasteiger charge is 2.62. The van der Waals surface area contributed by atoms with Gasteiger partial charge in [0, 0.05) is 23.5 Å². The molecule has 0 radical (unpaired) electrons. The van der Waals surface area contributed by atoms with Crippen LogP contribution in [0.2, 0.25) is 0 Å². The molecule has 1 saturated heterocycles. The van der Waals surface area contributed by atoms with Crippen molar-refractivity contribution in [2.75, 3.05) is 4.90 Å². The number of benzene rings is 2. The number of anilines is 1. The van der Waals surface area contributed by atoms with Crippen LogP contribution in [0.4, 0.5) is 11.4 Å². The number of allylic oxidation sites excluding steroid dienone is 4. The third-order valence-corrected chi connectivity index (χ3v) is 6.70. The largest absolute Gasteiger partial charge is 0.274 e. The predicted molar refractivity (Wildman–Crippen MR) is 112 cm³/mol. The summed E-state index contributed by atoms with van der Waals surface area (Å²) in [5.41, 5.74) is 4.04. The van der Waals surface area contributed by atoms with Crippen LogP contribution >= 0.6 is 0 Å². The molecule has 6 nitrogen and oxygen atoms in total. The summed E-state index contributed by atoms with van der Waals surface area (Å²) in [5.74, 6) is -1.64. The Morgan fingerprint density at radius 2 is 1.57 bits per heavy atom. The van der Waals surface area contributed by atoms with Gasteiger partial charge in [0.15, 0.2) is 0 Å². The maximum absolute atomic E-state index is 13.3. The lowest BCUT2D eigenvalue weighted by atomic mass is 9.85. The summed E-state index contributed by atoms with van der Waals surface area (Å²) < 4.78 is 0. The quantitative estimate of drug-likeness (QED) is 0.333. The summed E-state index contributed by atoms with van der Waals surface area (Å²) in [6.07, 6.45) is 4.08. The third kappa shape index (κ3) is 2.43. The molecule has 1 saturated carbocycles. The van der Waals surface area contributed by atoms with Crippen molar-refractivity contribution in [3.8, 4) is 0 Å². The topological polar surface area (TPSA) is 80.5 Å². The summed E-state index contributed by atoms with van der Waals surface area (Å²) in [6, 6.07) is 14.5. The highest BCUT2D eigenvalue weighted by Crippen LogP contribution is 2.58. The summed E-state index contributed by atoms with van der Waals surface area (Å²) >= 11 is 0. The van der Waals surface area contributed by atoms with E-state index in [1.54, 1.807) is 19.1 Å². The van der Waals surface area contributed by atoms with E-state index in [0.29, 0.717) is 5.56 Å². The maximum atomic E-state index is 13.3. The Morgan fingerprint density at radius 3 is 2.13 bits per heavy atom. The van der Waals surface area contributed by atoms with E-state index in [1.165, 1.54) is 6.07 Å². The first-order chi connectivity index (χ1) is 14.4. The number of nitro groups is 1. The lowest BCUT2D eigenvalue weighted by molar-refractivity contribution is -0.385. The predicted octanol–water partition coefficient (Wildman–Crippen LogP) is 4.30. The Morgan fingerprint density at radius 1 is 0.967 bits per heavy atom. The van der Waals surface area contributed by atoms with Crippen molar-refractivity contribution in [1.29, 1.82) is 0 Å². The number of hydrogen-bond acceptors (Lipinski definition) is 4. The number of hydrogen-bond donors (Lipinski definition) is 0. The SMILES string of the molecule is CC(=C1[C@H]2C=C[C@H]1[C@@H]1C(=O)N(c3ccc(C)c([N+](=O)[O-])c3)C(=O)[C@H]12)c1ccccc1. The minimum atomic E-state index is -0.486. The summed E-state index contributed by atoms with van der Waals surface area (Å²) in [5, 5.41) is 11.3. The fraction of sp³-hybridized carbons (Fsp3) is 0.250. The average molecular weight is 400 g/mol. The van der Waals surface area contributed by atoms with Gasteiger partial charge in [0.25, 0.3) is 5.69 Å². The van der Waals surface area contributed by atoms with Gasteiger partial charge in [-0.25, -0.2) is 4.90 Å². The van der Waals surface area contributed by atoms with Crippen LogP contribution in [0.25, 0.3) is 5.57 Å². The molecule has 2 fully saturated rings. The molecule has 30 heavy (non-hydrogen) atoms. The normalized spacial score (nSPS) is 26.5. The van der Waals surface area contributed by atoms with E-state index in [1.807, 2.05) is 42.5 Å². The van der Waals surface area contributed by atoms with Crippen molar-refractivity contribution < 1.29 is 14.5 Å². The number of fused-ring (bicyclic) bond motifs is 5. The highest BCUT2D eigenvalue weighted by molar-refractivity contribution is 6.23. The van der Waals surface area contributed by atoms with Gasteiger partial charge in [-0.1, -0.05) is 54.1 Å². The van der Waals surface area contributed by atoms with Crippen molar-refractivity contribution in [1.82, 2.24) is 0 Å². The van der Waals surface area contributed by atoms with Crippen LogP contribution in [0.15, 0.2) is 66.3 Å². The van der Waals surface area contributed by atoms with Crippen LogP contribution in [0.3, 0.4) is 0 Å². The molecule has 2 aliphatic carbocycles. The van der Waals surface area contributed by atoms with E-state index < -0.39 is 16.8 Å². The van der Waals surface area contributed by atoms with Crippen molar-refractivity contribution in [2.45, 2.75) is 13.8 Å². The molecule has 2 amide bonds. The van der Waals surface area contributed by atoms with Crippen molar-refractivity contribution in [3.05, 3.63) is 87.5 Å². The first kappa shape index (κ1) is 18.5. The molecule has 3 aliphatic rings. The number of carbonyl (C=O) groups is 2. The molecule has 2 bridgehead atoms. The molecule has 5 rings (SSSR count). The van der Waals surface area contributed by atoms with E-state index in [0.717, 1.165) is 21.6 Å². The van der Waals surface area contributed by atoms with Gasteiger partial charge in [-0.15, -0.1) is 0 Å². The smallest absolute Gasteiger partial charge is 0.274 e. The van der Waals surface area contributed by atoms with Crippen molar-refractivity contribution in [2.24, 2.45) is 23.7 Å². The minimum Gasteiger partial charge on any atom is -0.274 e. The Hall–Kier alpha value is -3.54. The Balaban J connectivity index is 1.54. The summed E-state index contributed by atoms with van der Waals surface area (Å²) in [6.45, 7) is 3.69. The molecule has 0 spiro atoms. The van der Waals surface area contributed by atoms with E-state index >= 15 is 0 Å². The molecule has 1 aliphatic heterocycles. The van der Waals surface area contributed by atoms with Gasteiger partial charge in [0.05, 0.1) is 22.4 Å². The molecular formula is C24H20N2O4. The lowest BCUT2D eigenvalue weighted by Gasteiger charge is -2.20. The second-order valence-electron chi connectivity index (χ2n) is 8.17. The number of nitro benzene ring substituents is 1. The molecule has 0 unspecified atom stereocenters. The number of amides is 2. The van der Waals surface area contributed by atoms with E-state index in [4.69, 9.17) is 0 Å². The first-order valence-corrected chi connectivity index (χ1v) is 9.97. The first-order valence-electron chi connectivity index (χ1n) is 9.97. The number of aryl methyl sites for hydroxylation is 1. The third-order valence-electron chi connectivity index (χ3n) is 6.70. The summed E-state index contributed by atoms with van der Waals surface area (Å²) in [4.78, 5) is 38.7. The zero-order valence-corrected chi connectivity index (χ0v) is 16.6. The van der Waals surface area contributed by atoms with Crippen LogP contribution in [0.1, 0.15) is 18.1 Å². The summed E-state index contributed by atoms with van der Waals surface area (Å²) in [7, 11) is 0. The van der Waals surface area contributed by atoms with Gasteiger partial charge in [-0.05, 0) is 31.1 Å². The molecular weight excluding hydrogens is 380 g/mol. The fourth-order valence-corrected chi connectivity index (χ4v) is 5.31. The van der Waals surface area contributed by atoms with Crippen LogP contribution in [0, 0.1) is 40.7 Å². The maximum Gasteiger partial charge on any atom is 0.274 e. The average Bonchev–Trinajstić information content (AvgIpc) is 3.38. The number of carbonyl (C=O) groups excluding carboxylic acids is 2. The van der Waals surface area contributed by atoms with Gasteiger partial charge in [-0.2, -0.15) is 0 Å². The van der Waals surface area contributed by atoms with Crippen LogP contribution in [-0.2, 0) is 9.59 Å². The van der Waals surface area contributed by atoms with E-state index in [9.17, 15) is 19.7 Å². The molecule has 0 N–H and O–H groups in total. The fourth-order valence-electron chi connectivity index (χ4n) is 5.31. The van der Waals surface area contributed by atoms with Gasteiger partial charge in [-0.3, -0.25) is 19.7 Å². The Labute approximate surface area is 173 Å². The molecule has 150 valence electrons. The van der Waals surface area contributed by atoms with Crippen molar-refractivity contribution >= 4 is 28.8 Å². The second kappa shape index (κ2) is 6.49. The van der Waals surface area contributed by atoms with Gasteiger partial charge in [0.1, 0.15) is 0 Å². The molecule has 2 aromatic rings. The lowest BCUT2D eigenvalue weighted by Crippen LogP contribution is -2.33.